The number of hydrogen-bond acceptors (Lipinski definition) is 7. The molecule has 4 aromatic rings. The van der Waals surface area contributed by atoms with Gasteiger partial charge in [-0.15, -0.1) is 11.3 Å². The van der Waals surface area contributed by atoms with Crippen molar-refractivity contribution in [2.45, 2.75) is 32.2 Å². The molecule has 8 heteroatoms. The second-order valence-corrected chi connectivity index (χ2v) is 8.39. The number of nitro benzene ring substituents is 1. The maximum atomic E-state index is 11.1. The third-order valence-corrected chi connectivity index (χ3v) is 6.50. The molecule has 150 valence electrons. The zero-order valence-electron chi connectivity index (χ0n) is 16.2. The van der Waals surface area contributed by atoms with E-state index in [2.05, 4.69) is 10.3 Å². The lowest BCUT2D eigenvalue weighted by Crippen LogP contribution is -2.06. The van der Waals surface area contributed by atoms with Gasteiger partial charge in [0.15, 0.2) is 5.82 Å². The molecule has 0 spiro atoms. The largest absolute Gasteiger partial charge is 0.365 e. The van der Waals surface area contributed by atoms with Gasteiger partial charge >= 0.3 is 0 Å². The molecule has 0 fully saturated rings. The molecule has 0 unspecified atom stereocenters. The van der Waals surface area contributed by atoms with Crippen molar-refractivity contribution in [3.8, 4) is 11.4 Å². The van der Waals surface area contributed by atoms with Gasteiger partial charge in [0.2, 0.25) is 0 Å². The normalized spacial score (nSPS) is 13.2. The zero-order chi connectivity index (χ0) is 20.5. The summed E-state index contributed by atoms with van der Waals surface area (Å²) in [6.07, 6.45) is 8.00. The fraction of sp³-hybridized carbons (Fsp3) is 0.227. The van der Waals surface area contributed by atoms with Crippen LogP contribution in [0.25, 0.3) is 21.6 Å². The van der Waals surface area contributed by atoms with Gasteiger partial charge in [0.05, 0.1) is 10.3 Å². The summed E-state index contributed by atoms with van der Waals surface area (Å²) in [6.45, 7) is 0.449. The summed E-state index contributed by atoms with van der Waals surface area (Å²) in [7, 11) is 0. The summed E-state index contributed by atoms with van der Waals surface area (Å²) in [6, 6.07) is 10.5. The van der Waals surface area contributed by atoms with Crippen molar-refractivity contribution in [2.75, 3.05) is 5.32 Å². The number of non-ortho nitro benzene ring substituents is 1. The van der Waals surface area contributed by atoms with Crippen molar-refractivity contribution >= 4 is 33.1 Å². The number of fused-ring (bicyclic) bond motifs is 3. The number of benzene rings is 1. The zero-order valence-corrected chi connectivity index (χ0v) is 17.0. The highest BCUT2D eigenvalue weighted by molar-refractivity contribution is 7.19. The molecule has 1 N–H and O–H groups in total. The highest BCUT2D eigenvalue weighted by atomic mass is 32.1. The van der Waals surface area contributed by atoms with Crippen molar-refractivity contribution < 1.29 is 4.92 Å². The van der Waals surface area contributed by atoms with Crippen LogP contribution in [0.5, 0.6) is 0 Å². The highest BCUT2D eigenvalue weighted by Gasteiger charge is 2.21. The van der Waals surface area contributed by atoms with Gasteiger partial charge in [-0.2, -0.15) is 0 Å². The van der Waals surface area contributed by atoms with Crippen LogP contribution in [0.15, 0.2) is 48.8 Å². The van der Waals surface area contributed by atoms with E-state index in [1.54, 1.807) is 35.9 Å². The van der Waals surface area contributed by atoms with Crippen molar-refractivity contribution in [3.63, 3.8) is 0 Å². The van der Waals surface area contributed by atoms with E-state index in [-0.39, 0.29) is 10.6 Å². The minimum atomic E-state index is -0.373. The molecule has 1 aliphatic rings. The number of anilines is 1. The number of hydrogen-bond donors (Lipinski definition) is 1. The van der Waals surface area contributed by atoms with Gasteiger partial charge in [-0.25, -0.2) is 9.97 Å². The summed E-state index contributed by atoms with van der Waals surface area (Å²) in [4.78, 5) is 27.0. The highest BCUT2D eigenvalue weighted by Crippen LogP contribution is 2.39. The molecule has 30 heavy (non-hydrogen) atoms. The first kappa shape index (κ1) is 18.6. The van der Waals surface area contributed by atoms with E-state index < -0.39 is 0 Å². The van der Waals surface area contributed by atoms with Crippen LogP contribution in [0.1, 0.15) is 28.8 Å². The Morgan fingerprint density at radius 1 is 1.13 bits per heavy atom. The van der Waals surface area contributed by atoms with Gasteiger partial charge in [-0.3, -0.25) is 15.1 Å². The Morgan fingerprint density at radius 2 is 2.03 bits per heavy atom. The van der Waals surface area contributed by atoms with E-state index in [1.807, 2.05) is 18.2 Å². The van der Waals surface area contributed by atoms with Crippen LogP contribution in [0, 0.1) is 10.1 Å². The molecule has 3 aromatic heterocycles. The van der Waals surface area contributed by atoms with E-state index in [1.165, 1.54) is 29.3 Å². The van der Waals surface area contributed by atoms with Crippen LogP contribution in [-0.2, 0) is 19.4 Å². The molecule has 0 radical (unpaired) electrons. The predicted molar refractivity (Wildman–Crippen MR) is 118 cm³/mol. The molecule has 1 aliphatic carbocycles. The fourth-order valence-electron chi connectivity index (χ4n) is 3.88. The first-order valence-electron chi connectivity index (χ1n) is 9.89. The molecule has 7 nitrogen and oxygen atoms in total. The van der Waals surface area contributed by atoms with Crippen LogP contribution >= 0.6 is 11.3 Å². The van der Waals surface area contributed by atoms with Crippen molar-refractivity contribution in [1.82, 2.24) is 15.0 Å². The number of thiophene rings is 1. The van der Waals surface area contributed by atoms with E-state index in [4.69, 9.17) is 9.97 Å². The lowest BCUT2D eigenvalue weighted by molar-refractivity contribution is -0.384. The molecule has 1 aromatic carbocycles. The quantitative estimate of drug-likeness (QED) is 0.356. The first-order chi connectivity index (χ1) is 14.7. The van der Waals surface area contributed by atoms with Gasteiger partial charge in [-0.1, -0.05) is 12.1 Å². The molecule has 0 aliphatic heterocycles. The molecule has 5 rings (SSSR count). The Balaban J connectivity index is 1.57. The van der Waals surface area contributed by atoms with Crippen LogP contribution in [0.2, 0.25) is 0 Å². The summed E-state index contributed by atoms with van der Waals surface area (Å²) >= 11 is 1.75. The monoisotopic (exact) mass is 417 g/mol. The number of aromatic nitrogens is 3. The Bertz CT molecular complexity index is 1240. The average molecular weight is 417 g/mol. The summed E-state index contributed by atoms with van der Waals surface area (Å²) in [5.74, 6) is 1.42. The van der Waals surface area contributed by atoms with Crippen LogP contribution < -0.4 is 5.32 Å². The van der Waals surface area contributed by atoms with E-state index in [9.17, 15) is 10.1 Å². The summed E-state index contributed by atoms with van der Waals surface area (Å²) in [5, 5.41) is 15.6. The van der Waals surface area contributed by atoms with Gasteiger partial charge in [0.25, 0.3) is 5.69 Å². The van der Waals surface area contributed by atoms with Crippen LogP contribution in [0.3, 0.4) is 0 Å². The van der Waals surface area contributed by atoms with Gasteiger partial charge < -0.3 is 5.32 Å². The van der Waals surface area contributed by atoms with Gasteiger partial charge in [-0.05, 0) is 48.9 Å². The topological polar surface area (TPSA) is 93.8 Å². The Labute approximate surface area is 177 Å². The molecule has 0 bridgehead atoms. The third kappa shape index (κ3) is 3.50. The first-order valence-corrected chi connectivity index (χ1v) is 10.7. The van der Waals surface area contributed by atoms with E-state index >= 15 is 0 Å². The van der Waals surface area contributed by atoms with Crippen LogP contribution in [-0.4, -0.2) is 19.9 Å². The molecule has 0 saturated heterocycles. The van der Waals surface area contributed by atoms with E-state index in [0.29, 0.717) is 12.4 Å². The molecule has 3 heterocycles. The Kier molecular flexibility index (Phi) is 4.84. The summed E-state index contributed by atoms with van der Waals surface area (Å²) < 4.78 is 0. The molecule has 0 atom stereocenters. The molecular weight excluding hydrogens is 398 g/mol. The minimum Gasteiger partial charge on any atom is -0.365 e. The van der Waals surface area contributed by atoms with Crippen LogP contribution in [0.4, 0.5) is 11.5 Å². The lowest BCUT2D eigenvalue weighted by atomic mass is 9.97. The second kappa shape index (κ2) is 7.79. The van der Waals surface area contributed by atoms with Gasteiger partial charge in [0, 0.05) is 41.5 Å². The van der Waals surface area contributed by atoms with Crippen molar-refractivity contribution in [1.29, 1.82) is 0 Å². The second-order valence-electron chi connectivity index (χ2n) is 7.31. The molecule has 0 amide bonds. The number of nitro groups is 1. The average Bonchev–Trinajstić information content (AvgIpc) is 3.17. The van der Waals surface area contributed by atoms with E-state index in [0.717, 1.165) is 40.0 Å². The standard InChI is InChI=1S/C22H19N5O2S/c28-27(29)16-7-3-5-14(11-16)12-24-21-19-17-8-1-2-9-18(17)30-22(19)26-20(25-21)15-6-4-10-23-13-15/h3-7,10-11,13H,1-2,8-9,12H2,(H,24,25,26). The number of nitrogens with zero attached hydrogens (tertiary/aromatic N) is 4. The van der Waals surface area contributed by atoms with Crippen molar-refractivity contribution in [3.05, 3.63) is 74.9 Å². The SMILES string of the molecule is O=[N+]([O-])c1cccc(CNc2nc(-c3cccnc3)nc3sc4c(c23)CCCC4)c1. The van der Waals surface area contributed by atoms with Crippen molar-refractivity contribution in [2.24, 2.45) is 0 Å². The maximum absolute atomic E-state index is 11.1. The summed E-state index contributed by atoms with van der Waals surface area (Å²) in [5.41, 5.74) is 3.14. The molecular formula is C22H19N5O2S. The molecule has 0 saturated carbocycles. The lowest BCUT2D eigenvalue weighted by Gasteiger charge is -2.13. The number of aryl methyl sites for hydroxylation is 2. The minimum absolute atomic E-state index is 0.0890. The Hall–Kier alpha value is -3.39. The number of rotatable bonds is 5. The smallest absolute Gasteiger partial charge is 0.269 e. The third-order valence-electron chi connectivity index (χ3n) is 5.32. The maximum Gasteiger partial charge on any atom is 0.269 e. The number of pyridine rings is 1. The van der Waals surface area contributed by atoms with Gasteiger partial charge in [0.1, 0.15) is 10.6 Å². The fourth-order valence-corrected chi connectivity index (χ4v) is 5.14. The Morgan fingerprint density at radius 3 is 2.87 bits per heavy atom. The number of nitrogens with one attached hydrogen (secondary N) is 1. The predicted octanol–water partition coefficient (Wildman–Crippen LogP) is 5.15.